The number of rotatable bonds is 8. The van der Waals surface area contributed by atoms with Gasteiger partial charge in [0.25, 0.3) is 15.9 Å². The van der Waals surface area contributed by atoms with Crippen molar-refractivity contribution in [3.05, 3.63) is 83.8 Å². The number of carbonyl (C=O) groups is 2. The van der Waals surface area contributed by atoms with Gasteiger partial charge in [0.15, 0.2) is 0 Å². The fourth-order valence-electron chi connectivity index (χ4n) is 2.66. The smallest absolute Gasteiger partial charge is 0.261 e. The summed E-state index contributed by atoms with van der Waals surface area (Å²) in [6.45, 7) is 1.90. The van der Waals surface area contributed by atoms with Crippen LogP contribution in [-0.4, -0.2) is 20.2 Å². The monoisotopic (exact) mass is 427 g/mol. The van der Waals surface area contributed by atoms with Crippen LogP contribution in [0.4, 0.5) is 5.69 Å². The number of sulfonamides is 1. The third-order valence-electron chi connectivity index (χ3n) is 4.19. The summed E-state index contributed by atoms with van der Waals surface area (Å²) in [5.74, 6) is -0.0218. The van der Waals surface area contributed by atoms with E-state index in [4.69, 9.17) is 4.42 Å². The minimum absolute atomic E-state index is 0.0415. The van der Waals surface area contributed by atoms with E-state index in [-0.39, 0.29) is 28.6 Å². The van der Waals surface area contributed by atoms with Gasteiger partial charge in [-0.2, -0.15) is 0 Å². The van der Waals surface area contributed by atoms with Gasteiger partial charge in [0, 0.05) is 13.5 Å². The van der Waals surface area contributed by atoms with Crippen molar-refractivity contribution in [3.8, 4) is 0 Å². The average molecular weight is 427 g/mol. The van der Waals surface area contributed by atoms with Crippen molar-refractivity contribution in [2.24, 2.45) is 0 Å². The zero-order chi connectivity index (χ0) is 21.6. The number of furan rings is 1. The van der Waals surface area contributed by atoms with Gasteiger partial charge >= 0.3 is 0 Å². The largest absolute Gasteiger partial charge is 0.467 e. The maximum absolute atomic E-state index is 12.8. The molecule has 0 unspecified atom stereocenters. The normalized spacial score (nSPS) is 11.0. The minimum atomic E-state index is -3.91. The van der Waals surface area contributed by atoms with Crippen molar-refractivity contribution >= 4 is 27.5 Å². The van der Waals surface area contributed by atoms with Gasteiger partial charge in [0.05, 0.1) is 29.0 Å². The molecule has 0 bridgehead atoms. The van der Waals surface area contributed by atoms with Crippen molar-refractivity contribution in [1.82, 2.24) is 10.6 Å². The van der Waals surface area contributed by atoms with Gasteiger partial charge < -0.3 is 15.1 Å². The van der Waals surface area contributed by atoms with Gasteiger partial charge in [-0.25, -0.2) is 8.42 Å². The highest BCUT2D eigenvalue weighted by Crippen LogP contribution is 2.21. The van der Waals surface area contributed by atoms with Crippen LogP contribution in [0.25, 0.3) is 0 Å². The molecule has 3 rings (SSSR count). The van der Waals surface area contributed by atoms with Crippen molar-refractivity contribution in [2.45, 2.75) is 24.9 Å². The number of hydrogen-bond acceptors (Lipinski definition) is 5. The van der Waals surface area contributed by atoms with Gasteiger partial charge in [0.1, 0.15) is 5.76 Å². The molecule has 3 aromatic rings. The lowest BCUT2D eigenvalue weighted by molar-refractivity contribution is -0.119. The zero-order valence-electron chi connectivity index (χ0n) is 16.2. The zero-order valence-corrected chi connectivity index (χ0v) is 17.0. The summed E-state index contributed by atoms with van der Waals surface area (Å²) in [6, 6.07) is 15.9. The molecule has 0 atom stereocenters. The Bertz CT molecular complexity index is 1120. The van der Waals surface area contributed by atoms with Crippen LogP contribution >= 0.6 is 0 Å². The molecule has 156 valence electrons. The number of carbonyl (C=O) groups excluding carboxylic acids is 2. The second kappa shape index (κ2) is 9.27. The summed E-state index contributed by atoms with van der Waals surface area (Å²) < 4.78 is 33.2. The Morgan fingerprint density at radius 3 is 2.30 bits per heavy atom. The maximum Gasteiger partial charge on any atom is 0.261 e. The first-order valence-electron chi connectivity index (χ1n) is 9.11. The predicted octanol–water partition coefficient (Wildman–Crippen LogP) is 2.65. The third kappa shape index (κ3) is 5.48. The van der Waals surface area contributed by atoms with E-state index in [1.54, 1.807) is 36.4 Å². The van der Waals surface area contributed by atoms with Crippen molar-refractivity contribution < 1.29 is 22.4 Å². The number of hydrogen-bond donors (Lipinski definition) is 3. The van der Waals surface area contributed by atoms with Crippen LogP contribution in [-0.2, 0) is 27.9 Å². The van der Waals surface area contributed by atoms with E-state index in [0.717, 1.165) is 5.56 Å². The molecule has 0 aliphatic heterocycles. The molecule has 2 aromatic carbocycles. The Labute approximate surface area is 174 Å². The molecule has 30 heavy (non-hydrogen) atoms. The Morgan fingerprint density at radius 2 is 1.63 bits per heavy atom. The second-order valence-electron chi connectivity index (χ2n) is 6.47. The SMILES string of the molecule is CC(=O)NCc1ccc(S(=O)(=O)Nc2ccccc2C(=O)NCc2ccco2)cc1. The molecular weight excluding hydrogens is 406 g/mol. The van der Waals surface area contributed by atoms with Crippen LogP contribution in [0.2, 0.25) is 0 Å². The molecular formula is C21H21N3O5S. The molecule has 0 radical (unpaired) electrons. The first-order valence-corrected chi connectivity index (χ1v) is 10.6. The summed E-state index contributed by atoms with van der Waals surface area (Å²) in [7, 11) is -3.91. The molecule has 0 aliphatic carbocycles. The predicted molar refractivity (Wildman–Crippen MR) is 111 cm³/mol. The number of nitrogens with one attached hydrogen (secondary N) is 3. The lowest BCUT2D eigenvalue weighted by Gasteiger charge is -2.13. The van der Waals surface area contributed by atoms with Gasteiger partial charge in [0.2, 0.25) is 5.91 Å². The molecule has 2 amide bonds. The van der Waals surface area contributed by atoms with Crippen LogP contribution in [0, 0.1) is 0 Å². The summed E-state index contributed by atoms with van der Waals surface area (Å²) >= 11 is 0. The molecule has 0 fully saturated rings. The Hall–Kier alpha value is -3.59. The molecule has 1 heterocycles. The summed E-state index contributed by atoms with van der Waals surface area (Å²) in [5, 5.41) is 5.34. The quantitative estimate of drug-likeness (QED) is 0.511. The molecule has 0 saturated heterocycles. The van der Waals surface area contributed by atoms with Crippen LogP contribution in [0.15, 0.2) is 76.2 Å². The lowest BCUT2D eigenvalue weighted by atomic mass is 10.1. The Morgan fingerprint density at radius 1 is 0.900 bits per heavy atom. The molecule has 1 aromatic heterocycles. The Balaban J connectivity index is 1.73. The summed E-state index contributed by atoms with van der Waals surface area (Å²) in [4.78, 5) is 23.6. The number of para-hydroxylation sites is 1. The third-order valence-corrected chi connectivity index (χ3v) is 5.58. The van der Waals surface area contributed by atoms with Gasteiger partial charge in [-0.1, -0.05) is 24.3 Å². The van der Waals surface area contributed by atoms with Crippen LogP contribution in [0.3, 0.4) is 0 Å². The number of anilines is 1. The van der Waals surface area contributed by atoms with E-state index in [1.807, 2.05) is 0 Å². The van der Waals surface area contributed by atoms with E-state index < -0.39 is 15.9 Å². The molecule has 3 N–H and O–H groups in total. The van der Waals surface area contributed by atoms with E-state index in [9.17, 15) is 18.0 Å². The topological polar surface area (TPSA) is 118 Å². The van der Waals surface area contributed by atoms with E-state index >= 15 is 0 Å². The highest BCUT2D eigenvalue weighted by Gasteiger charge is 2.18. The highest BCUT2D eigenvalue weighted by atomic mass is 32.2. The first-order chi connectivity index (χ1) is 14.3. The number of benzene rings is 2. The average Bonchev–Trinajstić information content (AvgIpc) is 3.24. The first kappa shape index (κ1) is 21.1. The fraction of sp³-hybridized carbons (Fsp3) is 0.143. The standard InChI is InChI=1S/C21H21N3O5S/c1-15(25)22-13-16-8-10-18(11-9-16)30(27,28)24-20-7-3-2-6-19(20)21(26)23-14-17-5-4-12-29-17/h2-12,24H,13-14H2,1H3,(H,22,25)(H,23,26). The van der Waals surface area contributed by atoms with Gasteiger partial charge in [-0.3, -0.25) is 14.3 Å². The van der Waals surface area contributed by atoms with Crippen LogP contribution in [0.1, 0.15) is 28.6 Å². The van der Waals surface area contributed by atoms with Crippen molar-refractivity contribution in [1.29, 1.82) is 0 Å². The summed E-state index contributed by atoms with van der Waals surface area (Å²) in [6.07, 6.45) is 1.50. The fourth-order valence-corrected chi connectivity index (χ4v) is 3.74. The molecule has 0 spiro atoms. The number of amides is 2. The van der Waals surface area contributed by atoms with Crippen molar-refractivity contribution in [2.75, 3.05) is 4.72 Å². The summed E-state index contributed by atoms with van der Waals surface area (Å²) in [5.41, 5.74) is 1.12. The van der Waals surface area contributed by atoms with E-state index in [1.165, 1.54) is 37.5 Å². The molecule has 9 heteroatoms. The van der Waals surface area contributed by atoms with Crippen LogP contribution in [0.5, 0.6) is 0 Å². The van der Waals surface area contributed by atoms with Gasteiger partial charge in [-0.15, -0.1) is 0 Å². The molecule has 0 saturated carbocycles. The van der Waals surface area contributed by atoms with E-state index in [2.05, 4.69) is 15.4 Å². The minimum Gasteiger partial charge on any atom is -0.467 e. The maximum atomic E-state index is 12.8. The van der Waals surface area contributed by atoms with Gasteiger partial charge in [-0.05, 0) is 42.0 Å². The van der Waals surface area contributed by atoms with E-state index in [0.29, 0.717) is 12.3 Å². The lowest BCUT2D eigenvalue weighted by Crippen LogP contribution is -2.24. The Kier molecular flexibility index (Phi) is 6.53. The second-order valence-corrected chi connectivity index (χ2v) is 8.15. The highest BCUT2D eigenvalue weighted by molar-refractivity contribution is 7.92. The van der Waals surface area contributed by atoms with Crippen LogP contribution < -0.4 is 15.4 Å². The van der Waals surface area contributed by atoms with Crippen molar-refractivity contribution in [3.63, 3.8) is 0 Å². The molecule has 0 aliphatic rings. The molecule has 8 nitrogen and oxygen atoms in total.